The third-order valence-corrected chi connectivity index (χ3v) is 4.83. The molecule has 0 saturated carbocycles. The molecule has 0 unspecified atom stereocenters. The van der Waals surface area contributed by atoms with Crippen LogP contribution in [0.15, 0.2) is 57.9 Å². The highest BCUT2D eigenvalue weighted by molar-refractivity contribution is 5.79. The SMILES string of the molecule is CCN(CC)CCN=c1cc(-c2ccc(C)cc2)oc2ccc(C)cc12. The lowest BCUT2D eigenvalue weighted by molar-refractivity contribution is 0.312. The lowest BCUT2D eigenvalue weighted by Gasteiger charge is -2.16. The van der Waals surface area contributed by atoms with E-state index in [2.05, 4.69) is 75.1 Å². The summed E-state index contributed by atoms with van der Waals surface area (Å²) in [6.07, 6.45) is 0. The molecule has 0 atom stereocenters. The Morgan fingerprint density at radius 1 is 0.885 bits per heavy atom. The highest BCUT2D eigenvalue weighted by atomic mass is 16.3. The van der Waals surface area contributed by atoms with E-state index in [1.807, 2.05) is 6.07 Å². The van der Waals surface area contributed by atoms with Crippen LogP contribution in [-0.4, -0.2) is 31.1 Å². The zero-order valence-corrected chi connectivity index (χ0v) is 16.2. The van der Waals surface area contributed by atoms with Gasteiger partial charge in [-0.2, -0.15) is 0 Å². The standard InChI is InChI=1S/C23H28N2O/c1-5-25(6-2)14-13-24-21-16-23(19-10-7-17(3)8-11-19)26-22-12-9-18(4)15-20(21)22/h7-12,15-16H,5-6,13-14H2,1-4H3. The van der Waals surface area contributed by atoms with E-state index in [1.165, 1.54) is 11.1 Å². The summed E-state index contributed by atoms with van der Waals surface area (Å²) < 4.78 is 6.18. The second-order valence-corrected chi connectivity index (χ2v) is 6.77. The second kappa shape index (κ2) is 8.33. The normalized spacial score (nSPS) is 12.3. The molecule has 0 fully saturated rings. The van der Waals surface area contributed by atoms with Crippen LogP contribution >= 0.6 is 0 Å². The molecular weight excluding hydrogens is 320 g/mol. The maximum atomic E-state index is 6.18. The van der Waals surface area contributed by atoms with Crippen molar-refractivity contribution >= 4 is 11.0 Å². The summed E-state index contributed by atoms with van der Waals surface area (Å²) in [7, 11) is 0. The lowest BCUT2D eigenvalue weighted by atomic mass is 10.1. The Morgan fingerprint density at radius 2 is 1.58 bits per heavy atom. The van der Waals surface area contributed by atoms with Gasteiger partial charge in [0.1, 0.15) is 11.3 Å². The zero-order chi connectivity index (χ0) is 18.5. The topological polar surface area (TPSA) is 28.7 Å². The monoisotopic (exact) mass is 348 g/mol. The number of likely N-dealkylation sites (N-methyl/N-ethyl adjacent to an activating group) is 1. The second-order valence-electron chi connectivity index (χ2n) is 6.77. The van der Waals surface area contributed by atoms with Crippen molar-refractivity contribution in [1.29, 1.82) is 0 Å². The molecule has 1 heterocycles. The Hall–Kier alpha value is -2.39. The van der Waals surface area contributed by atoms with E-state index in [0.717, 1.165) is 53.8 Å². The highest BCUT2D eigenvalue weighted by Crippen LogP contribution is 2.23. The van der Waals surface area contributed by atoms with E-state index in [4.69, 9.17) is 9.41 Å². The summed E-state index contributed by atoms with van der Waals surface area (Å²) >= 11 is 0. The molecule has 0 bridgehead atoms. The number of hydrogen-bond donors (Lipinski definition) is 0. The predicted molar refractivity (Wildman–Crippen MR) is 109 cm³/mol. The number of aryl methyl sites for hydroxylation is 2. The molecule has 0 radical (unpaired) electrons. The summed E-state index contributed by atoms with van der Waals surface area (Å²) in [6.45, 7) is 12.5. The maximum absolute atomic E-state index is 6.18. The molecule has 3 aromatic rings. The van der Waals surface area contributed by atoms with Gasteiger partial charge in [0.15, 0.2) is 0 Å². The van der Waals surface area contributed by atoms with Crippen molar-refractivity contribution in [2.45, 2.75) is 27.7 Å². The highest BCUT2D eigenvalue weighted by Gasteiger charge is 2.06. The summed E-state index contributed by atoms with van der Waals surface area (Å²) in [5.74, 6) is 0.864. The summed E-state index contributed by atoms with van der Waals surface area (Å²) in [4.78, 5) is 7.31. The molecule has 3 rings (SSSR count). The van der Waals surface area contributed by atoms with E-state index < -0.39 is 0 Å². The van der Waals surface area contributed by atoms with E-state index >= 15 is 0 Å². The largest absolute Gasteiger partial charge is 0.456 e. The smallest absolute Gasteiger partial charge is 0.136 e. The molecular formula is C23H28N2O. The van der Waals surface area contributed by atoms with Crippen LogP contribution in [0.3, 0.4) is 0 Å². The van der Waals surface area contributed by atoms with Gasteiger partial charge in [-0.15, -0.1) is 0 Å². The minimum absolute atomic E-state index is 0.794. The molecule has 0 amide bonds. The summed E-state index contributed by atoms with van der Waals surface area (Å²) in [5, 5.41) is 2.10. The Labute approximate surface area is 156 Å². The van der Waals surface area contributed by atoms with Crippen LogP contribution < -0.4 is 5.36 Å². The minimum Gasteiger partial charge on any atom is -0.456 e. The van der Waals surface area contributed by atoms with E-state index in [-0.39, 0.29) is 0 Å². The maximum Gasteiger partial charge on any atom is 0.136 e. The van der Waals surface area contributed by atoms with E-state index in [0.29, 0.717) is 0 Å². The molecule has 3 heteroatoms. The van der Waals surface area contributed by atoms with Gasteiger partial charge >= 0.3 is 0 Å². The lowest BCUT2D eigenvalue weighted by Crippen LogP contribution is -2.26. The zero-order valence-electron chi connectivity index (χ0n) is 16.2. The Kier molecular flexibility index (Phi) is 5.89. The Morgan fingerprint density at radius 3 is 2.27 bits per heavy atom. The van der Waals surface area contributed by atoms with Crippen LogP contribution in [0.4, 0.5) is 0 Å². The first-order valence-electron chi connectivity index (χ1n) is 9.45. The summed E-state index contributed by atoms with van der Waals surface area (Å²) in [6, 6.07) is 16.8. The molecule has 1 aromatic heterocycles. The number of benzene rings is 2. The average Bonchev–Trinajstić information content (AvgIpc) is 2.66. The molecule has 0 saturated heterocycles. The fraction of sp³-hybridized carbons (Fsp3) is 0.348. The first-order chi connectivity index (χ1) is 12.6. The fourth-order valence-corrected chi connectivity index (χ4v) is 3.13. The van der Waals surface area contributed by atoms with Gasteiger partial charge in [-0.25, -0.2) is 0 Å². The van der Waals surface area contributed by atoms with Gasteiger partial charge in [0, 0.05) is 23.6 Å². The number of hydrogen-bond acceptors (Lipinski definition) is 3. The van der Waals surface area contributed by atoms with Gasteiger partial charge in [-0.05, 0) is 39.1 Å². The molecule has 0 spiro atoms. The van der Waals surface area contributed by atoms with Gasteiger partial charge in [0.2, 0.25) is 0 Å². The minimum atomic E-state index is 0.794. The fourth-order valence-electron chi connectivity index (χ4n) is 3.13. The van der Waals surface area contributed by atoms with Crippen LogP contribution in [0.1, 0.15) is 25.0 Å². The number of nitrogens with zero attached hydrogens (tertiary/aromatic N) is 2. The van der Waals surface area contributed by atoms with Crippen LogP contribution in [0, 0.1) is 13.8 Å². The van der Waals surface area contributed by atoms with Gasteiger partial charge < -0.3 is 9.32 Å². The van der Waals surface area contributed by atoms with Crippen molar-refractivity contribution in [3.05, 3.63) is 65.0 Å². The van der Waals surface area contributed by atoms with Crippen molar-refractivity contribution in [2.24, 2.45) is 4.99 Å². The van der Waals surface area contributed by atoms with Crippen LogP contribution in [0.2, 0.25) is 0 Å². The third-order valence-electron chi connectivity index (χ3n) is 4.83. The van der Waals surface area contributed by atoms with Crippen molar-refractivity contribution in [3.8, 4) is 11.3 Å². The molecule has 0 aliphatic rings. The van der Waals surface area contributed by atoms with Gasteiger partial charge in [-0.3, -0.25) is 4.99 Å². The first-order valence-corrected chi connectivity index (χ1v) is 9.45. The van der Waals surface area contributed by atoms with Gasteiger partial charge in [-0.1, -0.05) is 55.3 Å². The molecule has 0 aliphatic carbocycles. The van der Waals surface area contributed by atoms with Crippen molar-refractivity contribution < 1.29 is 4.42 Å². The molecule has 26 heavy (non-hydrogen) atoms. The number of rotatable bonds is 6. The molecule has 0 aliphatic heterocycles. The molecule has 0 N–H and O–H groups in total. The molecule has 3 nitrogen and oxygen atoms in total. The van der Waals surface area contributed by atoms with Crippen LogP contribution in [-0.2, 0) is 0 Å². The first kappa shape index (κ1) is 18.4. The quantitative estimate of drug-likeness (QED) is 0.630. The Balaban J connectivity index is 2.06. The van der Waals surface area contributed by atoms with Crippen molar-refractivity contribution in [1.82, 2.24) is 4.90 Å². The van der Waals surface area contributed by atoms with Crippen LogP contribution in [0.5, 0.6) is 0 Å². The average molecular weight is 348 g/mol. The van der Waals surface area contributed by atoms with Crippen molar-refractivity contribution in [2.75, 3.05) is 26.2 Å². The van der Waals surface area contributed by atoms with Crippen molar-refractivity contribution in [3.63, 3.8) is 0 Å². The van der Waals surface area contributed by atoms with E-state index in [1.54, 1.807) is 0 Å². The predicted octanol–water partition coefficient (Wildman–Crippen LogP) is 4.96. The third kappa shape index (κ3) is 4.23. The molecule has 136 valence electrons. The Bertz CT molecular complexity index is 935. The van der Waals surface area contributed by atoms with E-state index in [9.17, 15) is 0 Å². The summed E-state index contributed by atoms with van der Waals surface area (Å²) in [5.41, 5.74) is 4.43. The van der Waals surface area contributed by atoms with Crippen LogP contribution in [0.25, 0.3) is 22.3 Å². The van der Waals surface area contributed by atoms with Gasteiger partial charge in [0.05, 0.1) is 11.9 Å². The molecule has 2 aromatic carbocycles. The number of fused-ring (bicyclic) bond motifs is 1. The van der Waals surface area contributed by atoms with Gasteiger partial charge in [0.25, 0.3) is 0 Å².